The first-order valence-corrected chi connectivity index (χ1v) is 5.06. The summed E-state index contributed by atoms with van der Waals surface area (Å²) in [6.45, 7) is 4.49. The van der Waals surface area contributed by atoms with E-state index in [9.17, 15) is 4.79 Å². The molecule has 0 aromatic rings. The SMILES string of the molecule is CCOC(=O)C1CCC=C(C)CC1. The summed E-state index contributed by atoms with van der Waals surface area (Å²) < 4.78 is 5.01. The van der Waals surface area contributed by atoms with Gasteiger partial charge in [-0.15, -0.1) is 0 Å². The molecule has 0 N–H and O–H groups in total. The van der Waals surface area contributed by atoms with Gasteiger partial charge in [0.2, 0.25) is 0 Å². The molecular weight excluding hydrogens is 164 g/mol. The molecule has 0 fully saturated rings. The van der Waals surface area contributed by atoms with Gasteiger partial charge in [-0.25, -0.2) is 0 Å². The first kappa shape index (κ1) is 10.3. The van der Waals surface area contributed by atoms with E-state index in [0.717, 1.165) is 25.7 Å². The molecule has 2 nitrogen and oxygen atoms in total. The summed E-state index contributed by atoms with van der Waals surface area (Å²) in [6.07, 6.45) is 6.22. The fourth-order valence-corrected chi connectivity index (χ4v) is 1.68. The van der Waals surface area contributed by atoms with Crippen LogP contribution < -0.4 is 0 Å². The second kappa shape index (κ2) is 5.05. The summed E-state index contributed by atoms with van der Waals surface area (Å²) in [5.41, 5.74) is 1.41. The third-order valence-corrected chi connectivity index (χ3v) is 2.51. The third kappa shape index (κ3) is 3.21. The quantitative estimate of drug-likeness (QED) is 0.485. The summed E-state index contributed by atoms with van der Waals surface area (Å²) in [4.78, 5) is 11.4. The maximum absolute atomic E-state index is 11.4. The van der Waals surface area contributed by atoms with E-state index >= 15 is 0 Å². The van der Waals surface area contributed by atoms with Crippen molar-refractivity contribution in [1.29, 1.82) is 0 Å². The van der Waals surface area contributed by atoms with Crippen LogP contribution in [0.4, 0.5) is 0 Å². The van der Waals surface area contributed by atoms with E-state index < -0.39 is 0 Å². The number of carbonyl (C=O) groups is 1. The molecule has 13 heavy (non-hydrogen) atoms. The molecule has 0 aromatic carbocycles. The number of esters is 1. The Hall–Kier alpha value is -0.790. The lowest BCUT2D eigenvalue weighted by Gasteiger charge is -2.11. The molecule has 0 saturated carbocycles. The lowest BCUT2D eigenvalue weighted by molar-refractivity contribution is -0.148. The van der Waals surface area contributed by atoms with Crippen molar-refractivity contribution in [2.75, 3.05) is 6.61 Å². The lowest BCUT2D eigenvalue weighted by Crippen LogP contribution is -2.17. The van der Waals surface area contributed by atoms with Crippen molar-refractivity contribution in [1.82, 2.24) is 0 Å². The number of hydrogen-bond acceptors (Lipinski definition) is 2. The molecule has 0 aromatic heterocycles. The van der Waals surface area contributed by atoms with Crippen molar-refractivity contribution in [3.8, 4) is 0 Å². The number of carbonyl (C=O) groups excluding carboxylic acids is 1. The van der Waals surface area contributed by atoms with Gasteiger partial charge in [-0.3, -0.25) is 4.79 Å². The second-order valence-electron chi connectivity index (χ2n) is 3.62. The largest absolute Gasteiger partial charge is 0.466 e. The molecule has 0 bridgehead atoms. The van der Waals surface area contributed by atoms with Crippen LogP contribution in [0, 0.1) is 5.92 Å². The number of ether oxygens (including phenoxy) is 1. The first-order valence-electron chi connectivity index (χ1n) is 5.06. The minimum atomic E-state index is -0.00870. The van der Waals surface area contributed by atoms with Crippen LogP contribution in [0.3, 0.4) is 0 Å². The van der Waals surface area contributed by atoms with Gasteiger partial charge >= 0.3 is 5.97 Å². The molecule has 0 amide bonds. The molecule has 1 rings (SSSR count). The van der Waals surface area contributed by atoms with E-state index in [1.807, 2.05) is 6.92 Å². The Balaban J connectivity index is 2.41. The van der Waals surface area contributed by atoms with Crippen LogP contribution in [0.1, 0.15) is 39.5 Å². The highest BCUT2D eigenvalue weighted by molar-refractivity contribution is 5.72. The normalized spacial score (nSPS) is 23.2. The van der Waals surface area contributed by atoms with Gasteiger partial charge in [0.25, 0.3) is 0 Å². The maximum atomic E-state index is 11.4. The summed E-state index contributed by atoms with van der Waals surface area (Å²) in [5, 5.41) is 0. The molecule has 74 valence electrons. The van der Waals surface area contributed by atoms with E-state index in [1.54, 1.807) is 0 Å². The Bertz CT molecular complexity index is 206. The number of allylic oxidation sites excluding steroid dienone is 2. The van der Waals surface area contributed by atoms with E-state index in [4.69, 9.17) is 4.74 Å². The zero-order chi connectivity index (χ0) is 9.68. The zero-order valence-electron chi connectivity index (χ0n) is 8.51. The Morgan fingerprint density at radius 2 is 2.38 bits per heavy atom. The van der Waals surface area contributed by atoms with Crippen molar-refractivity contribution in [3.63, 3.8) is 0 Å². The number of rotatable bonds is 2. The molecule has 0 spiro atoms. The van der Waals surface area contributed by atoms with E-state index in [2.05, 4.69) is 13.0 Å². The van der Waals surface area contributed by atoms with Gasteiger partial charge in [-0.05, 0) is 39.5 Å². The van der Waals surface area contributed by atoms with Crippen molar-refractivity contribution >= 4 is 5.97 Å². The average Bonchev–Trinajstić information content (AvgIpc) is 2.30. The van der Waals surface area contributed by atoms with Crippen LogP contribution in [0.15, 0.2) is 11.6 Å². The van der Waals surface area contributed by atoms with Gasteiger partial charge in [0.1, 0.15) is 0 Å². The van der Waals surface area contributed by atoms with Gasteiger partial charge < -0.3 is 4.74 Å². The summed E-state index contributed by atoms with van der Waals surface area (Å²) in [5.74, 6) is 0.124. The third-order valence-electron chi connectivity index (χ3n) is 2.51. The highest BCUT2D eigenvalue weighted by atomic mass is 16.5. The number of hydrogen-bond donors (Lipinski definition) is 0. The van der Waals surface area contributed by atoms with Gasteiger partial charge in [-0.2, -0.15) is 0 Å². The standard InChI is InChI=1S/C11H18O2/c1-3-13-11(12)10-6-4-5-9(2)7-8-10/h5,10H,3-4,6-8H2,1-2H3. The highest BCUT2D eigenvalue weighted by Gasteiger charge is 2.20. The van der Waals surface area contributed by atoms with Crippen LogP contribution in [-0.4, -0.2) is 12.6 Å². The van der Waals surface area contributed by atoms with Crippen LogP contribution in [0.5, 0.6) is 0 Å². The molecule has 0 radical (unpaired) electrons. The fraction of sp³-hybridized carbons (Fsp3) is 0.727. The molecule has 0 aliphatic heterocycles. The van der Waals surface area contributed by atoms with Gasteiger partial charge in [0, 0.05) is 0 Å². The van der Waals surface area contributed by atoms with Gasteiger partial charge in [0.05, 0.1) is 12.5 Å². The maximum Gasteiger partial charge on any atom is 0.308 e. The molecular formula is C11H18O2. The molecule has 1 unspecified atom stereocenters. The molecule has 1 aliphatic carbocycles. The monoisotopic (exact) mass is 182 g/mol. The lowest BCUT2D eigenvalue weighted by atomic mass is 10.00. The predicted molar refractivity (Wildman–Crippen MR) is 52.3 cm³/mol. The van der Waals surface area contributed by atoms with Gasteiger partial charge in [-0.1, -0.05) is 11.6 Å². The molecule has 1 atom stereocenters. The van der Waals surface area contributed by atoms with Crippen LogP contribution in [-0.2, 0) is 9.53 Å². The second-order valence-corrected chi connectivity index (χ2v) is 3.62. The average molecular weight is 182 g/mol. The van der Waals surface area contributed by atoms with Crippen LogP contribution >= 0.6 is 0 Å². The Kier molecular flexibility index (Phi) is 4.00. The van der Waals surface area contributed by atoms with Crippen LogP contribution in [0.2, 0.25) is 0 Å². The zero-order valence-corrected chi connectivity index (χ0v) is 8.51. The smallest absolute Gasteiger partial charge is 0.308 e. The minimum absolute atomic E-state index is 0.00870. The topological polar surface area (TPSA) is 26.3 Å². The van der Waals surface area contributed by atoms with Crippen molar-refractivity contribution in [3.05, 3.63) is 11.6 Å². The Labute approximate surface area is 80.0 Å². The minimum Gasteiger partial charge on any atom is -0.466 e. The van der Waals surface area contributed by atoms with Crippen molar-refractivity contribution in [2.24, 2.45) is 5.92 Å². The van der Waals surface area contributed by atoms with E-state index in [0.29, 0.717) is 6.61 Å². The molecule has 2 heteroatoms. The molecule has 0 heterocycles. The Morgan fingerprint density at radius 3 is 3.08 bits per heavy atom. The van der Waals surface area contributed by atoms with Crippen LogP contribution in [0.25, 0.3) is 0 Å². The van der Waals surface area contributed by atoms with E-state index in [1.165, 1.54) is 5.57 Å². The molecule has 0 saturated heterocycles. The first-order chi connectivity index (χ1) is 6.24. The predicted octanol–water partition coefficient (Wildman–Crippen LogP) is 2.69. The summed E-state index contributed by atoms with van der Waals surface area (Å²) >= 11 is 0. The van der Waals surface area contributed by atoms with Gasteiger partial charge in [0.15, 0.2) is 0 Å². The summed E-state index contributed by atoms with van der Waals surface area (Å²) in [7, 11) is 0. The highest BCUT2D eigenvalue weighted by Crippen LogP contribution is 2.23. The fourth-order valence-electron chi connectivity index (χ4n) is 1.68. The van der Waals surface area contributed by atoms with Crippen molar-refractivity contribution in [2.45, 2.75) is 39.5 Å². The summed E-state index contributed by atoms with van der Waals surface area (Å²) in [6, 6.07) is 0. The molecule has 1 aliphatic rings. The Morgan fingerprint density at radius 1 is 1.62 bits per heavy atom. The van der Waals surface area contributed by atoms with E-state index in [-0.39, 0.29) is 11.9 Å². The van der Waals surface area contributed by atoms with Crippen molar-refractivity contribution < 1.29 is 9.53 Å².